The first kappa shape index (κ1) is 41.5. The summed E-state index contributed by atoms with van der Waals surface area (Å²) < 4.78 is 127. The highest BCUT2D eigenvalue weighted by atomic mass is 19.2. The maximum atomic E-state index is 15.9. The Morgan fingerprint density at radius 1 is 0.426 bits per heavy atom. The van der Waals surface area contributed by atoms with Crippen molar-refractivity contribution in [3.8, 4) is 0 Å². The van der Waals surface area contributed by atoms with Crippen LogP contribution in [0.2, 0.25) is 0 Å². The van der Waals surface area contributed by atoms with Crippen LogP contribution >= 0.6 is 0 Å². The zero-order chi connectivity index (χ0) is 39.6. The first-order valence-electron chi connectivity index (χ1n) is 19.4. The molecule has 0 atom stereocenters. The summed E-state index contributed by atoms with van der Waals surface area (Å²) in [6, 6.07) is 6.82. The fraction of sp³-hybridized carbons (Fsp3) is 0.455. The van der Waals surface area contributed by atoms with Crippen molar-refractivity contribution in [1.82, 2.24) is 0 Å². The first-order chi connectivity index (χ1) is 25.6. The van der Waals surface area contributed by atoms with Crippen LogP contribution in [0.1, 0.15) is 113 Å². The molecule has 0 bridgehead atoms. The van der Waals surface area contributed by atoms with Gasteiger partial charge >= 0.3 is 0 Å². The van der Waals surface area contributed by atoms with Crippen LogP contribution < -0.4 is 27.2 Å². The largest absolute Gasteiger partial charge is 0.337 e. The highest BCUT2D eigenvalue weighted by Gasteiger charge is 2.47. The number of hydrogen-bond donors (Lipinski definition) is 1. The van der Waals surface area contributed by atoms with E-state index in [1.807, 2.05) is 0 Å². The molecule has 2 N–H and O–H groups in total. The Labute approximate surface area is 314 Å². The summed E-state index contributed by atoms with van der Waals surface area (Å²) in [5.41, 5.74) is -4.96. The average molecular weight is 758 g/mol. The Bertz CT molecular complexity index is 1720. The number of halogens is 8. The lowest BCUT2D eigenvalue weighted by atomic mass is 9.12. The maximum Gasteiger partial charge on any atom is 0.136 e. The minimum absolute atomic E-state index is 0.280. The highest BCUT2D eigenvalue weighted by molar-refractivity contribution is 7.20. The summed E-state index contributed by atoms with van der Waals surface area (Å²) in [7, 11) is 0. The highest BCUT2D eigenvalue weighted by Crippen LogP contribution is 2.33. The van der Waals surface area contributed by atoms with Gasteiger partial charge in [-0.2, -0.15) is 0 Å². The van der Waals surface area contributed by atoms with E-state index in [1.54, 1.807) is 0 Å². The number of quaternary nitrogens is 1. The molecule has 0 unspecified atom stereocenters. The summed E-state index contributed by atoms with van der Waals surface area (Å²) in [6.45, 7) is 9.55. The number of nitrogens with two attached hydrogens (primary N) is 1. The molecule has 0 aliphatic heterocycles. The van der Waals surface area contributed by atoms with E-state index in [0.29, 0.717) is 35.3 Å². The normalized spacial score (nSPS) is 16.9. The van der Waals surface area contributed by atoms with Crippen LogP contribution in [-0.2, 0) is 0 Å². The molecule has 54 heavy (non-hydrogen) atoms. The van der Waals surface area contributed by atoms with E-state index >= 15 is 35.1 Å². The van der Waals surface area contributed by atoms with Crippen LogP contribution in [0.4, 0.5) is 35.1 Å². The molecule has 1 nitrogen and oxygen atoms in total. The van der Waals surface area contributed by atoms with Crippen LogP contribution in [0, 0.1) is 74.2 Å². The van der Waals surface area contributed by atoms with Crippen molar-refractivity contribution in [2.75, 3.05) is 0 Å². The number of benzene rings is 4. The third-order valence-electron chi connectivity index (χ3n) is 12.7. The van der Waals surface area contributed by atoms with Gasteiger partial charge in [-0.25, -0.2) is 35.1 Å². The van der Waals surface area contributed by atoms with E-state index in [0.717, 1.165) is 24.3 Å². The topological polar surface area (TPSA) is 16.6 Å². The molecule has 292 valence electrons. The monoisotopic (exact) mass is 757 g/mol. The van der Waals surface area contributed by atoms with Gasteiger partial charge < -0.3 is 5.32 Å². The summed E-state index contributed by atoms with van der Waals surface area (Å²) in [5.74, 6) is -11.8. The van der Waals surface area contributed by atoms with Crippen LogP contribution in [-0.4, -0.2) is 17.2 Å². The Morgan fingerprint density at radius 2 is 0.667 bits per heavy atom. The molecule has 0 radical (unpaired) electrons. The number of hydrogen-bond acceptors (Lipinski definition) is 0. The zero-order valence-electron chi connectivity index (χ0n) is 32.3. The maximum absolute atomic E-state index is 15.9. The lowest BCUT2D eigenvalue weighted by molar-refractivity contribution is -0.796. The van der Waals surface area contributed by atoms with Gasteiger partial charge in [-0.05, 0) is 113 Å². The Balaban J connectivity index is 0.000000274. The fourth-order valence-corrected chi connectivity index (χ4v) is 9.53. The van der Waals surface area contributed by atoms with Gasteiger partial charge in [0.1, 0.15) is 6.15 Å². The van der Waals surface area contributed by atoms with Crippen molar-refractivity contribution in [2.45, 2.75) is 130 Å². The molecule has 0 aromatic heterocycles. The Kier molecular flexibility index (Phi) is 12.8. The van der Waals surface area contributed by atoms with E-state index in [9.17, 15) is 0 Å². The van der Waals surface area contributed by atoms with Crippen molar-refractivity contribution in [1.29, 1.82) is 0 Å². The second-order valence-electron chi connectivity index (χ2n) is 15.9. The fourth-order valence-electron chi connectivity index (χ4n) is 9.53. The summed E-state index contributed by atoms with van der Waals surface area (Å²) in [6.07, 6.45) is 13.0. The molecule has 0 heterocycles. The second-order valence-corrected chi connectivity index (χ2v) is 15.9. The summed E-state index contributed by atoms with van der Waals surface area (Å²) in [4.78, 5) is 0. The van der Waals surface area contributed by atoms with Gasteiger partial charge in [-0.3, -0.25) is 0 Å². The van der Waals surface area contributed by atoms with Crippen molar-refractivity contribution < 1.29 is 40.4 Å². The molecule has 0 spiro atoms. The Hall–Kier alpha value is -3.66. The molecule has 2 aliphatic carbocycles. The van der Waals surface area contributed by atoms with Gasteiger partial charge in [-0.1, -0.05) is 51.0 Å². The van der Waals surface area contributed by atoms with Gasteiger partial charge in [-0.15, -0.1) is 21.9 Å². The van der Waals surface area contributed by atoms with Crippen LogP contribution in [0.25, 0.3) is 0 Å². The van der Waals surface area contributed by atoms with Crippen molar-refractivity contribution in [3.05, 3.63) is 117 Å². The van der Waals surface area contributed by atoms with Crippen molar-refractivity contribution in [2.24, 2.45) is 0 Å². The average Bonchev–Trinajstić information content (AvgIpc) is 3.16. The zero-order valence-corrected chi connectivity index (χ0v) is 32.3. The smallest absolute Gasteiger partial charge is 0.136 e. The number of rotatable bonds is 8. The van der Waals surface area contributed by atoms with E-state index in [4.69, 9.17) is 0 Å². The molecule has 4 aromatic rings. The summed E-state index contributed by atoms with van der Waals surface area (Å²) >= 11 is 0. The first-order valence-corrected chi connectivity index (χ1v) is 19.4. The lowest BCUT2D eigenvalue weighted by Gasteiger charge is -2.45. The molecule has 4 aromatic carbocycles. The Morgan fingerprint density at radius 3 is 0.889 bits per heavy atom. The molecule has 10 heteroatoms. The van der Waals surface area contributed by atoms with E-state index in [1.165, 1.54) is 105 Å². The molecule has 6 rings (SSSR count). The summed E-state index contributed by atoms with van der Waals surface area (Å²) in [5, 5.41) is 2.87. The van der Waals surface area contributed by atoms with E-state index in [-0.39, 0.29) is 22.3 Å². The van der Waals surface area contributed by atoms with Gasteiger partial charge in [0.25, 0.3) is 0 Å². The van der Waals surface area contributed by atoms with Gasteiger partial charge in [0.15, 0.2) is 0 Å². The molecular weight excluding hydrogens is 705 g/mol. The van der Waals surface area contributed by atoms with Crippen LogP contribution in [0.15, 0.2) is 48.5 Å². The second kappa shape index (κ2) is 16.6. The molecule has 2 fully saturated rings. The standard InChI is InChI=1S/C28H20BF8.C16H31N/c1-13-5-9-17(30)21(25(13)34)29(22-18(31)10-6-14(2)26(22)35,23-19(32)11-7-15(3)27(23)36)24-20(33)12-8-16(4)28(24)37;1-3-15(11-7-5-8-12-15)17-16(4-2)13-9-6-10-14-16/h5-12H,1-4H3;17H,3-14H2,1-2H3/q-1;/p+1. The predicted octanol–water partition coefficient (Wildman–Crippen LogP) is 9.19. The van der Waals surface area contributed by atoms with Gasteiger partial charge in [0, 0.05) is 25.7 Å². The lowest BCUT2D eigenvalue weighted by Crippen LogP contribution is -3.06. The molecule has 0 amide bonds. The van der Waals surface area contributed by atoms with Crippen molar-refractivity contribution >= 4 is 28.0 Å². The van der Waals surface area contributed by atoms with Crippen molar-refractivity contribution in [3.63, 3.8) is 0 Å². The quantitative estimate of drug-likeness (QED) is 0.137. The number of aryl methyl sites for hydroxylation is 4. The minimum Gasteiger partial charge on any atom is -0.337 e. The SMILES string of the molecule is CCC1([NH2+]C2(CC)CCCCC2)CCCCC1.Cc1ccc(F)c([B-](c2c(F)ccc(C)c2F)(c2c(F)ccc(C)c2F)c2c(F)ccc(C)c2F)c1F. The predicted molar refractivity (Wildman–Crippen MR) is 203 cm³/mol. The molecule has 0 saturated heterocycles. The third kappa shape index (κ3) is 7.48. The third-order valence-corrected chi connectivity index (χ3v) is 12.7. The van der Waals surface area contributed by atoms with Crippen LogP contribution in [0.3, 0.4) is 0 Å². The minimum atomic E-state index is -4.50. The molecule has 2 aliphatic rings. The van der Waals surface area contributed by atoms with Crippen LogP contribution in [0.5, 0.6) is 0 Å². The molecular formula is C44H52BF8N. The van der Waals surface area contributed by atoms with E-state index in [2.05, 4.69) is 19.2 Å². The molecule has 2 saturated carbocycles. The van der Waals surface area contributed by atoms with Gasteiger partial charge in [0.05, 0.1) is 57.6 Å². The van der Waals surface area contributed by atoms with Gasteiger partial charge in [0.2, 0.25) is 0 Å². The van der Waals surface area contributed by atoms with E-state index < -0.39 is 74.5 Å².